The molecule has 29 heavy (non-hydrogen) atoms. The molecule has 1 atom stereocenters. The molecule has 146 valence electrons. The minimum absolute atomic E-state index is 0.311. The van der Waals surface area contributed by atoms with Gasteiger partial charge in [-0.2, -0.15) is 0 Å². The molecular weight excluding hydrogens is 390 g/mol. The minimum Gasteiger partial charge on any atom is -0.550 e. The fourth-order valence-electron chi connectivity index (χ4n) is 3.56. The normalized spacial score (nSPS) is 13.6. The van der Waals surface area contributed by atoms with Crippen molar-refractivity contribution in [1.29, 1.82) is 0 Å². The van der Waals surface area contributed by atoms with Crippen LogP contribution >= 0.6 is 11.6 Å². The van der Waals surface area contributed by atoms with Gasteiger partial charge in [-0.15, -0.1) is 0 Å². The number of para-hydroxylation sites is 2. The topological polar surface area (TPSA) is 78.5 Å². The van der Waals surface area contributed by atoms with E-state index in [9.17, 15) is 14.7 Å². The highest BCUT2D eigenvalue weighted by atomic mass is 35.5. The van der Waals surface area contributed by atoms with Gasteiger partial charge in [0.05, 0.1) is 12.0 Å². The predicted octanol–water partition coefficient (Wildman–Crippen LogP) is 3.58. The lowest BCUT2D eigenvalue weighted by Gasteiger charge is -2.29. The number of ether oxygens (including phenoxy) is 1. The van der Waals surface area contributed by atoms with E-state index in [-0.39, 0.29) is 12.3 Å². The van der Waals surface area contributed by atoms with Gasteiger partial charge in [0.25, 0.3) is 0 Å². The summed E-state index contributed by atoms with van der Waals surface area (Å²) in [5.74, 6) is -0.969. The number of aliphatic carboxylic acids is 1. The zero-order chi connectivity index (χ0) is 20.4. The van der Waals surface area contributed by atoms with E-state index in [1.165, 1.54) is 0 Å². The maximum atomic E-state index is 13.3. The van der Waals surface area contributed by atoms with Gasteiger partial charge >= 0.3 is 0 Å². The molecule has 0 spiro atoms. The largest absolute Gasteiger partial charge is 0.550 e. The lowest BCUT2D eigenvalue weighted by atomic mass is 9.86. The van der Waals surface area contributed by atoms with Gasteiger partial charge in [0.15, 0.2) is 0 Å². The second-order valence-electron chi connectivity index (χ2n) is 6.80. The molecule has 4 rings (SSSR count). The number of carbonyl (C=O) groups is 2. The van der Waals surface area contributed by atoms with Crippen LogP contribution in [0.3, 0.4) is 0 Å². The Kier molecular flexibility index (Phi) is 5.23. The lowest BCUT2D eigenvalue weighted by Crippen LogP contribution is -2.37. The van der Waals surface area contributed by atoms with Gasteiger partial charge in [0.1, 0.15) is 11.5 Å². The first-order valence-corrected chi connectivity index (χ1v) is 9.52. The Bertz CT molecular complexity index is 1020. The number of nitrogens with one attached hydrogen (secondary N) is 1. The molecule has 0 saturated carbocycles. The molecule has 0 fully saturated rings. The van der Waals surface area contributed by atoms with Gasteiger partial charge < -0.3 is 20.0 Å². The van der Waals surface area contributed by atoms with Crippen molar-refractivity contribution < 1.29 is 19.4 Å². The van der Waals surface area contributed by atoms with Crippen molar-refractivity contribution in [2.24, 2.45) is 0 Å². The third kappa shape index (κ3) is 3.96. The van der Waals surface area contributed by atoms with Crippen molar-refractivity contribution in [3.8, 4) is 11.5 Å². The summed E-state index contributed by atoms with van der Waals surface area (Å²) in [7, 11) is 0. The Morgan fingerprint density at radius 1 is 0.931 bits per heavy atom. The van der Waals surface area contributed by atoms with Crippen LogP contribution in [-0.2, 0) is 9.59 Å². The molecule has 1 heterocycles. The van der Waals surface area contributed by atoms with Crippen LogP contribution in [0.15, 0.2) is 72.8 Å². The average Bonchev–Trinajstić information content (AvgIpc) is 2.71. The van der Waals surface area contributed by atoms with Crippen molar-refractivity contribution in [2.75, 3.05) is 0 Å². The monoisotopic (exact) mass is 406 g/mol. The first kappa shape index (κ1) is 19.0. The summed E-state index contributed by atoms with van der Waals surface area (Å²) in [6.07, 6.45) is -0.347. The molecule has 0 saturated heterocycles. The van der Waals surface area contributed by atoms with E-state index >= 15 is 0 Å². The maximum Gasteiger partial charge on any atom is 0.232 e. The summed E-state index contributed by atoms with van der Waals surface area (Å²) in [6, 6.07) is 20.6. The molecule has 3 aromatic rings. The predicted molar refractivity (Wildman–Crippen MR) is 107 cm³/mol. The molecular formula is C23H17ClNO4-. The number of carbonyl (C=O) groups excluding carboxylic acids is 2. The molecule has 0 radical (unpaired) electrons. The molecule has 0 aliphatic carbocycles. The quantitative estimate of drug-likeness (QED) is 0.702. The van der Waals surface area contributed by atoms with Gasteiger partial charge in [-0.3, -0.25) is 4.79 Å². The number of halogens is 1. The fourth-order valence-corrected chi connectivity index (χ4v) is 3.69. The molecule has 0 bridgehead atoms. The summed E-state index contributed by atoms with van der Waals surface area (Å²) in [6.45, 7) is 0. The second kappa shape index (κ2) is 7.97. The van der Waals surface area contributed by atoms with Crippen LogP contribution in [0.2, 0.25) is 5.02 Å². The molecule has 6 heteroatoms. The summed E-state index contributed by atoms with van der Waals surface area (Å²) in [5, 5.41) is 14.7. The van der Waals surface area contributed by atoms with Gasteiger partial charge in [-0.1, -0.05) is 60.1 Å². The minimum atomic E-state index is -1.25. The van der Waals surface area contributed by atoms with Crippen molar-refractivity contribution >= 4 is 23.5 Å². The average molecular weight is 407 g/mol. The van der Waals surface area contributed by atoms with Crippen LogP contribution in [0.25, 0.3) is 0 Å². The molecule has 1 aliphatic heterocycles. The van der Waals surface area contributed by atoms with Crippen molar-refractivity contribution in [2.45, 2.75) is 18.4 Å². The Balaban J connectivity index is 1.69. The van der Waals surface area contributed by atoms with Crippen molar-refractivity contribution in [3.05, 3.63) is 94.5 Å². The smallest absolute Gasteiger partial charge is 0.232 e. The Morgan fingerprint density at radius 3 is 2.03 bits per heavy atom. The molecule has 1 aliphatic rings. The summed E-state index contributed by atoms with van der Waals surface area (Å²) in [4.78, 5) is 24.6. The Morgan fingerprint density at radius 2 is 1.48 bits per heavy atom. The van der Waals surface area contributed by atoms with Crippen LogP contribution in [0, 0.1) is 0 Å². The number of carboxylic acids is 1. The third-order valence-electron chi connectivity index (χ3n) is 4.90. The standard InChI is InChI=1S/C23H18ClNO4/c24-15-11-9-14(10-12-15)18(13-21(26)27)25-23(28)22-16-5-1-3-7-19(16)29-20-8-4-2-6-17(20)22/h1-12,18,22H,13H2,(H,25,28)(H,26,27)/p-1. The SMILES string of the molecule is O=C([O-])CC(NC(=O)C1c2ccccc2Oc2ccccc21)c1ccc(Cl)cc1. The van der Waals surface area contributed by atoms with Gasteiger partial charge in [0, 0.05) is 28.5 Å². The summed E-state index contributed by atoms with van der Waals surface area (Å²) in [5.41, 5.74) is 2.10. The van der Waals surface area contributed by atoms with E-state index in [1.807, 2.05) is 48.5 Å². The summed E-state index contributed by atoms with van der Waals surface area (Å²) < 4.78 is 5.93. The summed E-state index contributed by atoms with van der Waals surface area (Å²) >= 11 is 5.93. The first-order valence-electron chi connectivity index (χ1n) is 9.14. The third-order valence-corrected chi connectivity index (χ3v) is 5.15. The van der Waals surface area contributed by atoms with E-state index in [1.54, 1.807) is 24.3 Å². The van der Waals surface area contributed by atoms with Gasteiger partial charge in [-0.25, -0.2) is 0 Å². The van der Waals surface area contributed by atoms with E-state index in [0.29, 0.717) is 22.1 Å². The fraction of sp³-hybridized carbons (Fsp3) is 0.130. The number of hydrogen-bond donors (Lipinski definition) is 1. The number of amides is 1. The van der Waals surface area contributed by atoms with E-state index < -0.39 is 17.9 Å². The van der Waals surface area contributed by atoms with Crippen LogP contribution in [0.1, 0.15) is 35.1 Å². The van der Waals surface area contributed by atoms with Crippen LogP contribution in [-0.4, -0.2) is 11.9 Å². The zero-order valence-electron chi connectivity index (χ0n) is 15.3. The number of rotatable bonds is 5. The van der Waals surface area contributed by atoms with Crippen LogP contribution in [0.5, 0.6) is 11.5 Å². The lowest BCUT2D eigenvalue weighted by molar-refractivity contribution is -0.306. The molecule has 1 amide bonds. The Labute approximate surface area is 172 Å². The molecule has 3 aromatic carbocycles. The van der Waals surface area contributed by atoms with E-state index in [2.05, 4.69) is 5.32 Å². The molecule has 1 unspecified atom stereocenters. The first-order chi connectivity index (χ1) is 14.0. The van der Waals surface area contributed by atoms with E-state index in [0.717, 1.165) is 11.1 Å². The zero-order valence-corrected chi connectivity index (χ0v) is 16.1. The number of hydrogen-bond acceptors (Lipinski definition) is 4. The highest BCUT2D eigenvalue weighted by molar-refractivity contribution is 6.30. The molecule has 5 nitrogen and oxygen atoms in total. The van der Waals surface area contributed by atoms with Crippen molar-refractivity contribution in [1.82, 2.24) is 5.32 Å². The van der Waals surface area contributed by atoms with Crippen molar-refractivity contribution in [3.63, 3.8) is 0 Å². The highest BCUT2D eigenvalue weighted by Gasteiger charge is 2.33. The Hall–Kier alpha value is -3.31. The van der Waals surface area contributed by atoms with Crippen LogP contribution in [0.4, 0.5) is 0 Å². The number of benzene rings is 3. The molecule has 0 aromatic heterocycles. The maximum absolute atomic E-state index is 13.3. The number of carboxylic acid groups (broad SMARTS) is 1. The van der Waals surface area contributed by atoms with E-state index in [4.69, 9.17) is 16.3 Å². The van der Waals surface area contributed by atoms with Crippen LogP contribution < -0.4 is 15.2 Å². The van der Waals surface area contributed by atoms with Gasteiger partial charge in [-0.05, 0) is 29.8 Å². The highest BCUT2D eigenvalue weighted by Crippen LogP contribution is 2.44. The second-order valence-corrected chi connectivity index (χ2v) is 7.24. The molecule has 1 N–H and O–H groups in total. The number of fused-ring (bicyclic) bond motifs is 2. The van der Waals surface area contributed by atoms with Gasteiger partial charge in [0.2, 0.25) is 5.91 Å².